The Morgan fingerprint density at radius 2 is 1.64 bits per heavy atom. The topological polar surface area (TPSA) is 142 Å². The Labute approximate surface area is 170 Å². The Balaban J connectivity index is 2.76. The number of hydrogen-bond donors (Lipinski definition) is 6. The predicted octanol–water partition coefficient (Wildman–Crippen LogP) is -0.0526. The van der Waals surface area contributed by atoms with Gasteiger partial charge in [0.15, 0.2) is 0 Å². The maximum Gasteiger partial charge on any atom is 0.327 e. The van der Waals surface area contributed by atoms with Crippen LogP contribution in [-0.4, -0.2) is 58.0 Å². The molecule has 0 fully saturated rings. The summed E-state index contributed by atoms with van der Waals surface area (Å²) < 4.78 is 0. The molecule has 2 amide bonds. The highest BCUT2D eigenvalue weighted by atomic mass is 32.1. The molecule has 0 radical (unpaired) electrons. The van der Waals surface area contributed by atoms with Gasteiger partial charge in [-0.05, 0) is 24.3 Å². The van der Waals surface area contributed by atoms with Gasteiger partial charge in [-0.1, -0.05) is 44.2 Å². The zero-order valence-corrected chi connectivity index (χ0v) is 16.9. The van der Waals surface area contributed by atoms with Crippen LogP contribution in [0.2, 0.25) is 0 Å². The van der Waals surface area contributed by atoms with E-state index in [1.54, 1.807) is 0 Å². The van der Waals surface area contributed by atoms with Crippen LogP contribution in [0.5, 0.6) is 0 Å². The molecule has 1 rings (SSSR count). The smallest absolute Gasteiger partial charge is 0.327 e. The Bertz CT molecular complexity index is 656. The van der Waals surface area contributed by atoms with Crippen LogP contribution in [0.3, 0.4) is 0 Å². The van der Waals surface area contributed by atoms with Crippen molar-refractivity contribution >= 4 is 30.4 Å². The highest BCUT2D eigenvalue weighted by molar-refractivity contribution is 7.80. The van der Waals surface area contributed by atoms with E-state index in [0.717, 1.165) is 5.56 Å². The third-order valence-electron chi connectivity index (χ3n) is 4.13. The summed E-state index contributed by atoms with van der Waals surface area (Å²) >= 11 is 3.91. The molecule has 0 saturated heterocycles. The minimum atomic E-state index is -1.51. The molecule has 156 valence electrons. The van der Waals surface area contributed by atoms with Gasteiger partial charge in [0.25, 0.3) is 5.91 Å². The van der Waals surface area contributed by atoms with Crippen LogP contribution in [0.25, 0.3) is 0 Å². The highest BCUT2D eigenvalue weighted by Crippen LogP contribution is 2.08. The van der Waals surface area contributed by atoms with E-state index in [9.17, 15) is 19.5 Å². The number of hydrogen-bond acceptors (Lipinski definition) is 6. The minimum Gasteiger partial charge on any atom is -0.480 e. The fourth-order valence-electron chi connectivity index (χ4n) is 2.61. The molecular formula is C19H29N3O5S. The van der Waals surface area contributed by atoms with Crippen LogP contribution in [0.4, 0.5) is 0 Å². The molecule has 0 aliphatic heterocycles. The lowest BCUT2D eigenvalue weighted by Gasteiger charge is -2.25. The first-order valence-electron chi connectivity index (χ1n) is 9.07. The molecule has 8 nitrogen and oxygen atoms in total. The zero-order chi connectivity index (χ0) is 21.3. The molecular weight excluding hydrogens is 382 g/mol. The lowest BCUT2D eigenvalue weighted by Crippen LogP contribution is -2.56. The van der Waals surface area contributed by atoms with E-state index in [-0.39, 0.29) is 24.5 Å². The molecule has 1 aromatic rings. The summed E-state index contributed by atoms with van der Waals surface area (Å²) in [6.45, 7) is 3.72. The van der Waals surface area contributed by atoms with Crippen LogP contribution in [-0.2, 0) is 20.8 Å². The van der Waals surface area contributed by atoms with E-state index >= 15 is 0 Å². The SMILES string of the molecule is CC(C)C[C@H](NC(=O)[C@@H](O)[C@H](N)Cc1ccccc1)C(=O)NC(CS)C(=O)O. The van der Waals surface area contributed by atoms with E-state index in [0.29, 0.717) is 0 Å². The molecule has 0 heterocycles. The molecule has 0 aliphatic carbocycles. The third kappa shape index (κ3) is 7.87. The average Bonchev–Trinajstić information content (AvgIpc) is 2.64. The molecule has 4 atom stereocenters. The Hall–Kier alpha value is -2.10. The second-order valence-corrected chi connectivity index (χ2v) is 7.44. The number of benzene rings is 1. The molecule has 0 aromatic heterocycles. The monoisotopic (exact) mass is 411 g/mol. The molecule has 0 spiro atoms. The molecule has 9 heteroatoms. The number of carboxylic acids is 1. The average molecular weight is 412 g/mol. The van der Waals surface area contributed by atoms with Gasteiger partial charge in [-0.3, -0.25) is 9.59 Å². The van der Waals surface area contributed by atoms with Gasteiger partial charge in [0.2, 0.25) is 5.91 Å². The summed E-state index contributed by atoms with van der Waals surface area (Å²) in [6.07, 6.45) is -0.947. The van der Waals surface area contributed by atoms with Crippen molar-refractivity contribution < 1.29 is 24.6 Å². The zero-order valence-electron chi connectivity index (χ0n) is 16.0. The van der Waals surface area contributed by atoms with E-state index in [1.165, 1.54) is 0 Å². The number of nitrogens with two attached hydrogens (primary N) is 1. The second kappa shape index (κ2) is 11.7. The first-order valence-corrected chi connectivity index (χ1v) is 9.70. The van der Waals surface area contributed by atoms with Gasteiger partial charge in [-0.25, -0.2) is 4.79 Å². The Morgan fingerprint density at radius 1 is 1.07 bits per heavy atom. The number of carbonyl (C=O) groups is 3. The predicted molar refractivity (Wildman–Crippen MR) is 109 cm³/mol. The number of amides is 2. The second-order valence-electron chi connectivity index (χ2n) is 7.07. The standard InChI is InChI=1S/C19H29N3O5S/c1-11(2)8-14(17(24)22-15(10-28)19(26)27)21-18(25)16(23)13(20)9-12-6-4-3-5-7-12/h3-7,11,13-16,23,28H,8-10,20H2,1-2H3,(H,21,25)(H,22,24)(H,26,27)/t13-,14+,15?,16+/m1/s1. The largest absolute Gasteiger partial charge is 0.480 e. The molecule has 28 heavy (non-hydrogen) atoms. The van der Waals surface area contributed by atoms with E-state index in [2.05, 4.69) is 23.3 Å². The first kappa shape index (κ1) is 23.9. The number of rotatable bonds is 11. The Kier molecular flexibility index (Phi) is 9.98. The molecule has 1 aromatic carbocycles. The van der Waals surface area contributed by atoms with Gasteiger partial charge in [0.05, 0.1) is 0 Å². The van der Waals surface area contributed by atoms with Crippen molar-refractivity contribution in [3.05, 3.63) is 35.9 Å². The first-order chi connectivity index (χ1) is 13.1. The number of thiol groups is 1. The van der Waals surface area contributed by atoms with Crippen LogP contribution in [0.1, 0.15) is 25.8 Å². The van der Waals surface area contributed by atoms with Crippen molar-refractivity contribution in [2.24, 2.45) is 11.7 Å². The maximum atomic E-state index is 12.4. The lowest BCUT2D eigenvalue weighted by molar-refractivity contribution is -0.141. The van der Waals surface area contributed by atoms with Crippen molar-refractivity contribution in [1.29, 1.82) is 0 Å². The lowest BCUT2D eigenvalue weighted by atomic mass is 9.99. The van der Waals surface area contributed by atoms with Crippen LogP contribution in [0, 0.1) is 5.92 Å². The number of aliphatic hydroxyl groups is 1. The normalized spacial score (nSPS) is 15.4. The van der Waals surface area contributed by atoms with Crippen LogP contribution in [0.15, 0.2) is 30.3 Å². The molecule has 1 unspecified atom stereocenters. The fraction of sp³-hybridized carbons (Fsp3) is 0.526. The van der Waals surface area contributed by atoms with Gasteiger partial charge in [0, 0.05) is 11.8 Å². The van der Waals surface area contributed by atoms with Crippen LogP contribution >= 0.6 is 12.6 Å². The number of carboxylic acid groups (broad SMARTS) is 1. The Morgan fingerprint density at radius 3 is 2.14 bits per heavy atom. The summed E-state index contributed by atoms with van der Waals surface area (Å²) in [4.78, 5) is 35.9. The van der Waals surface area contributed by atoms with Gasteiger partial charge in [-0.2, -0.15) is 12.6 Å². The third-order valence-corrected chi connectivity index (χ3v) is 4.49. The number of nitrogens with one attached hydrogen (secondary N) is 2. The van der Waals surface area contributed by atoms with Crippen molar-refractivity contribution in [3.63, 3.8) is 0 Å². The number of aliphatic carboxylic acids is 1. The summed E-state index contributed by atoms with van der Waals surface area (Å²) in [5, 5.41) is 24.1. The van der Waals surface area contributed by atoms with Gasteiger partial charge in [-0.15, -0.1) is 0 Å². The summed E-state index contributed by atoms with van der Waals surface area (Å²) in [6, 6.07) is 6.17. The highest BCUT2D eigenvalue weighted by Gasteiger charge is 2.30. The number of carbonyl (C=O) groups excluding carboxylic acids is 2. The van der Waals surface area contributed by atoms with E-state index in [4.69, 9.17) is 10.8 Å². The van der Waals surface area contributed by atoms with E-state index in [1.807, 2.05) is 44.2 Å². The van der Waals surface area contributed by atoms with Crippen molar-refractivity contribution in [2.75, 3.05) is 5.75 Å². The number of aliphatic hydroxyl groups excluding tert-OH is 1. The van der Waals surface area contributed by atoms with Crippen molar-refractivity contribution in [2.45, 2.75) is 50.9 Å². The minimum absolute atomic E-state index is 0.0467. The van der Waals surface area contributed by atoms with Crippen molar-refractivity contribution in [1.82, 2.24) is 10.6 Å². The van der Waals surface area contributed by atoms with E-state index < -0.39 is 42.0 Å². The van der Waals surface area contributed by atoms with Gasteiger partial charge >= 0.3 is 5.97 Å². The molecule has 0 aliphatic rings. The van der Waals surface area contributed by atoms with Gasteiger partial charge in [0.1, 0.15) is 18.2 Å². The maximum absolute atomic E-state index is 12.4. The fourth-order valence-corrected chi connectivity index (χ4v) is 2.86. The van der Waals surface area contributed by atoms with Crippen molar-refractivity contribution in [3.8, 4) is 0 Å². The summed E-state index contributed by atoms with van der Waals surface area (Å²) in [7, 11) is 0. The molecule has 0 saturated carbocycles. The quantitative estimate of drug-likeness (QED) is 0.282. The summed E-state index contributed by atoms with van der Waals surface area (Å²) in [5.74, 6) is -2.68. The van der Waals surface area contributed by atoms with Crippen LogP contribution < -0.4 is 16.4 Å². The summed E-state index contributed by atoms with van der Waals surface area (Å²) in [5.41, 5.74) is 6.82. The van der Waals surface area contributed by atoms with Gasteiger partial charge < -0.3 is 26.6 Å². The molecule has 6 N–H and O–H groups in total. The molecule has 0 bridgehead atoms.